The summed E-state index contributed by atoms with van der Waals surface area (Å²) in [7, 11) is 0. The minimum absolute atomic E-state index is 0. The van der Waals surface area contributed by atoms with Crippen LogP contribution in [-0.2, 0) is 29.9 Å². The molecule has 3 aromatic rings. The van der Waals surface area contributed by atoms with Crippen molar-refractivity contribution in [2.75, 3.05) is 0 Å². The van der Waals surface area contributed by atoms with E-state index in [0.29, 0.717) is 23.7 Å². The summed E-state index contributed by atoms with van der Waals surface area (Å²) in [4.78, 5) is 15.5. The van der Waals surface area contributed by atoms with E-state index in [4.69, 9.17) is 15.0 Å². The van der Waals surface area contributed by atoms with E-state index >= 15 is 0 Å². The molecule has 0 aliphatic rings. The van der Waals surface area contributed by atoms with Crippen molar-refractivity contribution in [1.29, 1.82) is 0 Å². The van der Waals surface area contributed by atoms with Crippen LogP contribution in [0.2, 0.25) is 0 Å². The molecule has 3 nitrogen and oxygen atoms in total. The van der Waals surface area contributed by atoms with Gasteiger partial charge in [0.1, 0.15) is 0 Å². The summed E-state index contributed by atoms with van der Waals surface area (Å²) in [6.07, 6.45) is 5.67. The number of halogens is 2. The van der Waals surface area contributed by atoms with Crippen LogP contribution in [-0.4, -0.2) is 16.4 Å². The Hall–Kier alpha value is -2.49. The van der Waals surface area contributed by atoms with Crippen molar-refractivity contribution in [2.24, 2.45) is 9.98 Å². The van der Waals surface area contributed by atoms with E-state index in [1.807, 2.05) is 12.2 Å². The molecule has 0 saturated heterocycles. The Balaban J connectivity index is 0.00000645. The second-order valence-electron chi connectivity index (χ2n) is 12.7. The SMILES string of the molecule is C=CCc1cc(C(C)C)c(/N=C(/C)c2cccc(/C(C)=N\c3c(C(C)C)cc(CC=C)cc3C(C)C)n2)c(C(C)C)c1.[Cl-].[Cl-].[Fe+2]. The summed E-state index contributed by atoms with van der Waals surface area (Å²) in [6.45, 7) is 30.0. The molecule has 3 rings (SSSR count). The van der Waals surface area contributed by atoms with Gasteiger partial charge in [0.05, 0.1) is 34.2 Å². The zero-order valence-corrected chi connectivity index (χ0v) is 31.4. The standard InChI is InChI=1S/C39H51N3.2ClH.Fe/c1-13-16-30-20-32(24(3)4)38(33(21-30)25(5)6)40-28(11)36-18-15-19-37(42-36)29(12)41-39-34(26(7)8)22-31(17-14-2)23-35(39)27(9)10;;;/h13-15,18-27H,1-2,16-17H2,3-12H3;2*1H;/q;;;+2/p-2/b40-28-,41-29-;;;. The molecule has 2 aromatic carbocycles. The van der Waals surface area contributed by atoms with Gasteiger partial charge in [0.25, 0.3) is 0 Å². The number of nitrogens with zero attached hydrogens (tertiary/aromatic N) is 3. The Bertz CT molecular complexity index is 1330. The van der Waals surface area contributed by atoms with Crippen LogP contribution in [0.15, 0.2) is 77.8 Å². The van der Waals surface area contributed by atoms with Crippen molar-refractivity contribution in [1.82, 2.24) is 4.98 Å². The van der Waals surface area contributed by atoms with Gasteiger partial charge < -0.3 is 24.8 Å². The van der Waals surface area contributed by atoms with Crippen molar-refractivity contribution in [2.45, 2.75) is 106 Å². The van der Waals surface area contributed by atoms with Gasteiger partial charge in [-0.3, -0.25) is 9.98 Å². The van der Waals surface area contributed by atoms with E-state index in [1.165, 1.54) is 33.4 Å². The minimum Gasteiger partial charge on any atom is -1.00 e. The Morgan fingerprint density at radius 2 is 0.911 bits per heavy atom. The van der Waals surface area contributed by atoms with Crippen molar-refractivity contribution >= 4 is 22.8 Å². The van der Waals surface area contributed by atoms with E-state index in [0.717, 1.165) is 47.0 Å². The molecule has 0 aliphatic heterocycles. The van der Waals surface area contributed by atoms with E-state index < -0.39 is 0 Å². The van der Waals surface area contributed by atoms with Crippen LogP contribution < -0.4 is 24.8 Å². The number of aromatic nitrogens is 1. The molecule has 0 atom stereocenters. The molecule has 244 valence electrons. The van der Waals surface area contributed by atoms with Crippen molar-refractivity contribution in [3.05, 3.63) is 113 Å². The van der Waals surface area contributed by atoms with Crippen LogP contribution >= 0.6 is 0 Å². The maximum absolute atomic E-state index is 5.24. The topological polar surface area (TPSA) is 37.6 Å². The third kappa shape index (κ3) is 10.8. The van der Waals surface area contributed by atoms with Crippen molar-refractivity contribution in [3.63, 3.8) is 0 Å². The second kappa shape index (κ2) is 19.2. The molecule has 0 fully saturated rings. The number of hydrogen-bond donors (Lipinski definition) is 0. The first kappa shape index (κ1) is 42.5. The first-order valence-electron chi connectivity index (χ1n) is 15.5. The Kier molecular flexibility index (Phi) is 18.2. The Morgan fingerprint density at radius 3 is 1.16 bits per heavy atom. The zero-order valence-electron chi connectivity index (χ0n) is 28.8. The summed E-state index contributed by atoms with van der Waals surface area (Å²) in [5.41, 5.74) is 13.4. The normalized spacial score (nSPS) is 11.8. The van der Waals surface area contributed by atoms with E-state index in [2.05, 4.69) is 125 Å². The maximum atomic E-state index is 5.24. The molecule has 0 unspecified atom stereocenters. The van der Waals surface area contributed by atoms with E-state index in [1.54, 1.807) is 0 Å². The molecular formula is C39H51Cl2FeN3. The van der Waals surface area contributed by atoms with Gasteiger partial charge in [0.2, 0.25) is 0 Å². The van der Waals surface area contributed by atoms with Crippen LogP contribution in [0.4, 0.5) is 11.4 Å². The third-order valence-electron chi connectivity index (χ3n) is 7.75. The molecule has 0 aliphatic carbocycles. The average Bonchev–Trinajstić information content (AvgIpc) is 2.93. The molecule has 0 saturated carbocycles. The molecule has 0 radical (unpaired) electrons. The van der Waals surface area contributed by atoms with Crippen LogP contribution in [0, 0.1) is 0 Å². The van der Waals surface area contributed by atoms with Gasteiger partial charge in [-0.2, -0.15) is 0 Å². The molecule has 0 amide bonds. The van der Waals surface area contributed by atoms with Gasteiger partial charge in [-0.05, 0) is 95.9 Å². The number of rotatable bonds is 12. The fourth-order valence-electron chi connectivity index (χ4n) is 5.36. The minimum atomic E-state index is 0. The van der Waals surface area contributed by atoms with Crippen molar-refractivity contribution < 1.29 is 41.9 Å². The van der Waals surface area contributed by atoms with Gasteiger partial charge in [-0.15, -0.1) is 13.2 Å². The van der Waals surface area contributed by atoms with Crippen LogP contribution in [0.3, 0.4) is 0 Å². The van der Waals surface area contributed by atoms with Crippen LogP contribution in [0.1, 0.15) is 138 Å². The summed E-state index contributed by atoms with van der Waals surface area (Å²) in [5.74, 6) is 1.43. The summed E-state index contributed by atoms with van der Waals surface area (Å²) < 4.78 is 0. The van der Waals surface area contributed by atoms with Gasteiger partial charge in [0, 0.05) is 0 Å². The molecule has 1 aromatic heterocycles. The average molecular weight is 689 g/mol. The summed E-state index contributed by atoms with van der Waals surface area (Å²) >= 11 is 0. The molecular weight excluding hydrogens is 637 g/mol. The predicted molar refractivity (Wildman–Crippen MR) is 185 cm³/mol. The smallest absolute Gasteiger partial charge is 1.00 e. The van der Waals surface area contributed by atoms with Crippen molar-refractivity contribution in [3.8, 4) is 0 Å². The molecule has 45 heavy (non-hydrogen) atoms. The molecule has 6 heteroatoms. The second-order valence-corrected chi connectivity index (χ2v) is 12.7. The molecule has 0 N–H and O–H groups in total. The predicted octanol–water partition coefficient (Wildman–Crippen LogP) is 5.32. The number of benzene rings is 2. The largest absolute Gasteiger partial charge is 2.00 e. The Labute approximate surface area is 296 Å². The third-order valence-corrected chi connectivity index (χ3v) is 7.75. The monoisotopic (exact) mass is 687 g/mol. The molecule has 0 bridgehead atoms. The van der Waals surface area contributed by atoms with E-state index in [-0.39, 0.29) is 41.9 Å². The number of allylic oxidation sites excluding steroid dienone is 2. The first-order chi connectivity index (χ1) is 19.9. The number of pyridine rings is 1. The number of hydrogen-bond acceptors (Lipinski definition) is 3. The fourth-order valence-corrected chi connectivity index (χ4v) is 5.36. The summed E-state index contributed by atoms with van der Waals surface area (Å²) in [5, 5.41) is 0. The van der Waals surface area contributed by atoms with Gasteiger partial charge in [0.15, 0.2) is 0 Å². The molecule has 1 heterocycles. The molecule has 0 spiro atoms. The van der Waals surface area contributed by atoms with Gasteiger partial charge >= 0.3 is 17.1 Å². The Morgan fingerprint density at radius 1 is 0.622 bits per heavy atom. The maximum Gasteiger partial charge on any atom is 2.00 e. The fraction of sp³-hybridized carbons (Fsp3) is 0.410. The quantitative estimate of drug-likeness (QED) is 0.144. The number of aliphatic imine (C=N–C) groups is 2. The zero-order chi connectivity index (χ0) is 31.1. The first-order valence-corrected chi connectivity index (χ1v) is 15.5. The van der Waals surface area contributed by atoms with Crippen LogP contribution in [0.25, 0.3) is 0 Å². The van der Waals surface area contributed by atoms with Gasteiger partial charge in [-0.25, -0.2) is 4.98 Å². The van der Waals surface area contributed by atoms with E-state index in [9.17, 15) is 0 Å². The summed E-state index contributed by atoms with van der Waals surface area (Å²) in [6, 6.07) is 15.3. The van der Waals surface area contributed by atoms with Crippen LogP contribution in [0.5, 0.6) is 0 Å². The van der Waals surface area contributed by atoms with Gasteiger partial charge in [-0.1, -0.05) is 97.9 Å².